The quantitative estimate of drug-likeness (QED) is 0.0203. The first-order valence-electron chi connectivity index (χ1n) is 21.4. The van der Waals surface area contributed by atoms with Gasteiger partial charge in [0.1, 0.15) is 19.3 Å². The molecule has 0 aromatic heterocycles. The standard InChI is InChI=1S/C42H84NO7P/c1-6-8-10-12-14-16-18-20-21-22-24-26-28-30-32-34-37-47-39-41(40-49-51(45,46)48-38-36-43(3,4)5)50-42(44)35-33-31-29-27-25-23-19-17-15-13-11-9-7-2/h28,30,41H,6-27,29,31-40H2,1-5H3/b30-28-. The smallest absolute Gasteiger partial charge is 0.306 e. The zero-order valence-electron chi connectivity index (χ0n) is 34.3. The highest BCUT2D eigenvalue weighted by atomic mass is 31.2. The molecule has 0 heterocycles. The van der Waals surface area contributed by atoms with Crippen LogP contribution >= 0.6 is 7.82 Å². The molecule has 304 valence electrons. The normalized spacial score (nSPS) is 13.9. The van der Waals surface area contributed by atoms with E-state index >= 15 is 0 Å². The van der Waals surface area contributed by atoms with Crippen molar-refractivity contribution in [2.75, 3.05) is 54.1 Å². The van der Waals surface area contributed by atoms with Crippen molar-refractivity contribution in [3.63, 3.8) is 0 Å². The van der Waals surface area contributed by atoms with Gasteiger partial charge in [-0.2, -0.15) is 0 Å². The van der Waals surface area contributed by atoms with Crippen LogP contribution in [-0.4, -0.2) is 70.7 Å². The number of phosphoric ester groups is 1. The van der Waals surface area contributed by atoms with Crippen LogP contribution in [0.5, 0.6) is 0 Å². The molecule has 0 amide bonds. The molecule has 0 bridgehead atoms. The second-order valence-electron chi connectivity index (χ2n) is 15.7. The summed E-state index contributed by atoms with van der Waals surface area (Å²) in [5.41, 5.74) is 0. The molecule has 0 radical (unpaired) electrons. The molecule has 0 saturated heterocycles. The number of rotatable bonds is 40. The van der Waals surface area contributed by atoms with E-state index in [0.29, 0.717) is 24.1 Å². The Morgan fingerprint density at radius 3 is 1.49 bits per heavy atom. The van der Waals surface area contributed by atoms with Gasteiger partial charge in [-0.05, 0) is 32.1 Å². The molecule has 0 aromatic carbocycles. The predicted molar refractivity (Wildman–Crippen MR) is 213 cm³/mol. The summed E-state index contributed by atoms with van der Waals surface area (Å²) in [5, 5.41) is 0. The van der Waals surface area contributed by atoms with E-state index in [9.17, 15) is 14.3 Å². The molecule has 2 atom stereocenters. The molecule has 0 aliphatic heterocycles. The Labute approximate surface area is 316 Å². The highest BCUT2D eigenvalue weighted by Crippen LogP contribution is 2.38. The van der Waals surface area contributed by atoms with Gasteiger partial charge in [0.05, 0.1) is 34.4 Å². The molecule has 9 heteroatoms. The first-order chi connectivity index (χ1) is 24.6. The number of allylic oxidation sites excluding steroid dienone is 2. The third-order valence-corrected chi connectivity index (χ3v) is 10.3. The summed E-state index contributed by atoms with van der Waals surface area (Å²) in [6.45, 7) is 5.35. The lowest BCUT2D eigenvalue weighted by Crippen LogP contribution is -2.37. The minimum absolute atomic E-state index is 0.0249. The van der Waals surface area contributed by atoms with Crippen molar-refractivity contribution in [2.45, 2.75) is 200 Å². The second-order valence-corrected chi connectivity index (χ2v) is 17.1. The van der Waals surface area contributed by atoms with Gasteiger partial charge < -0.3 is 27.9 Å². The van der Waals surface area contributed by atoms with Crippen LogP contribution < -0.4 is 4.89 Å². The van der Waals surface area contributed by atoms with E-state index in [2.05, 4.69) is 26.0 Å². The fraction of sp³-hybridized carbons (Fsp3) is 0.929. The Hall–Kier alpha value is -0.760. The Kier molecular flexibility index (Phi) is 35.7. The molecule has 0 aliphatic carbocycles. The monoisotopic (exact) mass is 746 g/mol. The van der Waals surface area contributed by atoms with Gasteiger partial charge in [-0.25, -0.2) is 0 Å². The Morgan fingerprint density at radius 1 is 0.588 bits per heavy atom. The topological polar surface area (TPSA) is 94.1 Å². The highest BCUT2D eigenvalue weighted by molar-refractivity contribution is 7.45. The number of likely N-dealkylation sites (N-methyl/N-ethyl adjacent to an activating group) is 1. The van der Waals surface area contributed by atoms with Crippen LogP contribution in [0.4, 0.5) is 0 Å². The molecule has 0 rings (SSSR count). The largest absolute Gasteiger partial charge is 0.756 e. The molecule has 0 N–H and O–H groups in total. The fourth-order valence-corrected chi connectivity index (χ4v) is 6.70. The van der Waals surface area contributed by atoms with Crippen molar-refractivity contribution in [1.82, 2.24) is 0 Å². The summed E-state index contributed by atoms with van der Waals surface area (Å²) >= 11 is 0. The van der Waals surface area contributed by atoms with E-state index in [1.165, 1.54) is 135 Å². The summed E-state index contributed by atoms with van der Waals surface area (Å²) in [4.78, 5) is 25.0. The van der Waals surface area contributed by atoms with Gasteiger partial charge in [-0.3, -0.25) is 9.36 Å². The van der Waals surface area contributed by atoms with Crippen LogP contribution in [0.2, 0.25) is 0 Å². The zero-order valence-corrected chi connectivity index (χ0v) is 35.2. The minimum atomic E-state index is -4.52. The van der Waals surface area contributed by atoms with Crippen molar-refractivity contribution in [3.05, 3.63) is 12.2 Å². The molecule has 0 fully saturated rings. The van der Waals surface area contributed by atoms with Crippen LogP contribution in [0.1, 0.15) is 194 Å². The lowest BCUT2D eigenvalue weighted by atomic mass is 10.0. The Bertz CT molecular complexity index is 833. The molecule has 0 aromatic rings. The van der Waals surface area contributed by atoms with Gasteiger partial charge >= 0.3 is 5.97 Å². The average molecular weight is 746 g/mol. The van der Waals surface area contributed by atoms with E-state index in [4.69, 9.17) is 18.5 Å². The molecule has 2 unspecified atom stereocenters. The lowest BCUT2D eigenvalue weighted by molar-refractivity contribution is -0.870. The van der Waals surface area contributed by atoms with Crippen LogP contribution in [-0.2, 0) is 27.9 Å². The summed E-state index contributed by atoms with van der Waals surface area (Å²) in [7, 11) is 1.35. The Balaban J connectivity index is 4.25. The number of phosphoric acid groups is 1. The van der Waals surface area contributed by atoms with Gasteiger partial charge in [-0.1, -0.05) is 167 Å². The first kappa shape index (κ1) is 50.2. The van der Waals surface area contributed by atoms with Crippen molar-refractivity contribution < 1.29 is 37.3 Å². The number of quaternary nitrogens is 1. The summed E-state index contributed by atoms with van der Waals surface area (Å²) in [6, 6.07) is 0. The van der Waals surface area contributed by atoms with Crippen LogP contribution in [0.3, 0.4) is 0 Å². The fourth-order valence-electron chi connectivity index (χ4n) is 5.97. The minimum Gasteiger partial charge on any atom is -0.756 e. The second kappa shape index (κ2) is 36.2. The van der Waals surface area contributed by atoms with Crippen molar-refractivity contribution in [3.8, 4) is 0 Å². The molecular formula is C42H84NO7P. The van der Waals surface area contributed by atoms with Gasteiger partial charge in [0.2, 0.25) is 0 Å². The third kappa shape index (κ3) is 40.3. The molecule has 0 spiro atoms. The number of carbonyl (C=O) groups is 1. The van der Waals surface area contributed by atoms with Gasteiger partial charge in [-0.15, -0.1) is 0 Å². The maximum atomic E-state index is 12.6. The number of hydrogen-bond donors (Lipinski definition) is 0. The molecule has 0 aliphatic rings. The van der Waals surface area contributed by atoms with Crippen LogP contribution in [0.25, 0.3) is 0 Å². The predicted octanol–water partition coefficient (Wildman–Crippen LogP) is 11.6. The van der Waals surface area contributed by atoms with Gasteiger partial charge in [0.15, 0.2) is 0 Å². The number of nitrogens with zero attached hydrogens (tertiary/aromatic N) is 1. The maximum Gasteiger partial charge on any atom is 0.306 e. The molecular weight excluding hydrogens is 661 g/mol. The number of ether oxygens (including phenoxy) is 2. The zero-order chi connectivity index (χ0) is 37.7. The van der Waals surface area contributed by atoms with Gasteiger partial charge in [0.25, 0.3) is 7.82 Å². The lowest BCUT2D eigenvalue weighted by Gasteiger charge is -2.28. The van der Waals surface area contributed by atoms with E-state index < -0.39 is 13.9 Å². The Morgan fingerprint density at radius 2 is 1.02 bits per heavy atom. The van der Waals surface area contributed by atoms with Crippen molar-refractivity contribution in [1.29, 1.82) is 0 Å². The van der Waals surface area contributed by atoms with E-state index in [-0.39, 0.29) is 25.8 Å². The van der Waals surface area contributed by atoms with E-state index in [1.54, 1.807) is 0 Å². The highest BCUT2D eigenvalue weighted by Gasteiger charge is 2.20. The van der Waals surface area contributed by atoms with Gasteiger partial charge in [0, 0.05) is 13.0 Å². The molecule has 8 nitrogen and oxygen atoms in total. The maximum absolute atomic E-state index is 12.6. The summed E-state index contributed by atoms with van der Waals surface area (Å²) in [5.74, 6) is -0.340. The van der Waals surface area contributed by atoms with E-state index in [0.717, 1.165) is 38.5 Å². The number of unbranched alkanes of at least 4 members (excludes halogenated alkanes) is 24. The molecule has 51 heavy (non-hydrogen) atoms. The van der Waals surface area contributed by atoms with Crippen LogP contribution in [0, 0.1) is 0 Å². The number of hydrogen-bond acceptors (Lipinski definition) is 7. The van der Waals surface area contributed by atoms with E-state index in [1.807, 2.05) is 21.1 Å². The van der Waals surface area contributed by atoms with Crippen molar-refractivity contribution in [2.24, 2.45) is 0 Å². The number of esters is 1. The van der Waals surface area contributed by atoms with Crippen LogP contribution in [0.15, 0.2) is 12.2 Å². The SMILES string of the molecule is CCCCCCCCCCCCC/C=C\CCCOCC(COP(=O)([O-])OCC[N+](C)(C)C)OC(=O)CCCCCCCCCCCCCCC. The number of carbonyl (C=O) groups excluding carboxylic acids is 1. The third-order valence-electron chi connectivity index (χ3n) is 9.32. The summed E-state index contributed by atoms with van der Waals surface area (Å²) < 4.78 is 34.5. The summed E-state index contributed by atoms with van der Waals surface area (Å²) in [6.07, 6.45) is 38.0. The molecule has 0 saturated carbocycles. The first-order valence-corrected chi connectivity index (χ1v) is 22.9. The van der Waals surface area contributed by atoms with Crippen molar-refractivity contribution >= 4 is 13.8 Å². The average Bonchev–Trinajstić information content (AvgIpc) is 3.08.